The number of anilines is 2. The Morgan fingerprint density at radius 3 is 2.67 bits per heavy atom. The van der Waals surface area contributed by atoms with Gasteiger partial charge >= 0.3 is 0 Å². The number of unbranched alkanes of at least 4 members (excludes halogenated alkanes) is 2. The second kappa shape index (κ2) is 9.62. The Labute approximate surface area is 151 Å². The van der Waals surface area contributed by atoms with Gasteiger partial charge in [-0.1, -0.05) is 19.8 Å². The molecule has 0 bridgehead atoms. The highest BCUT2D eigenvalue weighted by Gasteiger charge is 2.18. The quantitative estimate of drug-likeness (QED) is 0.589. The molecular weight excluding hydrogens is 318 g/mol. The summed E-state index contributed by atoms with van der Waals surface area (Å²) < 4.78 is 0. The number of hydrogen-bond acceptors (Lipinski definition) is 3. The van der Waals surface area contributed by atoms with E-state index in [1.54, 1.807) is 0 Å². The molecule has 0 saturated carbocycles. The first-order valence-electron chi connectivity index (χ1n) is 9.07. The molecule has 0 aliphatic carbocycles. The zero-order valence-corrected chi connectivity index (χ0v) is 15.6. The number of carbonyl (C=O) groups excluding carboxylic acids is 1. The molecule has 2 rings (SSSR count). The van der Waals surface area contributed by atoms with Gasteiger partial charge in [0.1, 0.15) is 0 Å². The average Bonchev–Trinajstić information content (AvgIpc) is 2.56. The molecule has 4 nitrogen and oxygen atoms in total. The summed E-state index contributed by atoms with van der Waals surface area (Å²) in [7, 11) is 0. The highest BCUT2D eigenvalue weighted by atomic mass is 32.1. The Balaban J connectivity index is 1.82. The van der Waals surface area contributed by atoms with Gasteiger partial charge in [-0.3, -0.25) is 4.79 Å². The van der Waals surface area contributed by atoms with Crippen molar-refractivity contribution in [3.63, 3.8) is 0 Å². The zero-order valence-electron chi connectivity index (χ0n) is 14.8. The van der Waals surface area contributed by atoms with E-state index in [4.69, 9.17) is 12.2 Å². The summed E-state index contributed by atoms with van der Waals surface area (Å²) in [6.07, 6.45) is 7.47. The van der Waals surface area contributed by atoms with Crippen molar-refractivity contribution < 1.29 is 4.79 Å². The number of thiocarbonyl (C=S) groups is 1. The summed E-state index contributed by atoms with van der Waals surface area (Å²) in [4.78, 5) is 14.2. The standard InChI is InChI=1S/C19H29N3OS/c1-3-4-5-9-18(23)21-19(24)20-16-10-12-17(13-11-16)22-14-7-6-8-15(22)2/h10-13,15H,3-9,14H2,1-2H3,(H2,20,21,23,24)/t15-/m1/s1. The number of hydrogen-bond donors (Lipinski definition) is 2. The number of piperidine rings is 1. The van der Waals surface area contributed by atoms with Crippen LogP contribution in [0.3, 0.4) is 0 Å². The summed E-state index contributed by atoms with van der Waals surface area (Å²) in [6.45, 7) is 5.53. The summed E-state index contributed by atoms with van der Waals surface area (Å²) in [5.41, 5.74) is 2.16. The van der Waals surface area contributed by atoms with E-state index in [0.717, 1.165) is 31.5 Å². The lowest BCUT2D eigenvalue weighted by Gasteiger charge is -2.35. The number of carbonyl (C=O) groups is 1. The fourth-order valence-corrected chi connectivity index (χ4v) is 3.34. The molecule has 0 spiro atoms. The number of nitrogens with zero attached hydrogens (tertiary/aromatic N) is 1. The summed E-state index contributed by atoms with van der Waals surface area (Å²) in [6, 6.07) is 8.88. The largest absolute Gasteiger partial charge is 0.369 e. The minimum atomic E-state index is -0.0142. The van der Waals surface area contributed by atoms with E-state index in [0.29, 0.717) is 17.6 Å². The zero-order chi connectivity index (χ0) is 17.4. The van der Waals surface area contributed by atoms with E-state index in [1.165, 1.54) is 24.9 Å². The third-order valence-corrected chi connectivity index (χ3v) is 4.72. The van der Waals surface area contributed by atoms with Crippen LogP contribution in [0.5, 0.6) is 0 Å². The maximum Gasteiger partial charge on any atom is 0.226 e. The molecule has 1 aliphatic heterocycles. The first-order chi connectivity index (χ1) is 11.6. The van der Waals surface area contributed by atoms with E-state index in [9.17, 15) is 4.79 Å². The van der Waals surface area contributed by atoms with Crippen LogP contribution < -0.4 is 15.5 Å². The lowest BCUT2D eigenvalue weighted by Crippen LogP contribution is -2.37. The first-order valence-corrected chi connectivity index (χ1v) is 9.48. The molecule has 1 aromatic carbocycles. The minimum Gasteiger partial charge on any atom is -0.369 e. The second-order valence-corrected chi connectivity index (χ2v) is 6.95. The van der Waals surface area contributed by atoms with Gasteiger partial charge in [-0.2, -0.15) is 0 Å². The van der Waals surface area contributed by atoms with E-state index < -0.39 is 0 Å². The molecule has 1 aliphatic rings. The molecular formula is C19H29N3OS. The maximum absolute atomic E-state index is 11.8. The molecule has 1 atom stereocenters. The van der Waals surface area contributed by atoms with Crippen molar-refractivity contribution in [1.29, 1.82) is 0 Å². The molecule has 0 radical (unpaired) electrons. The van der Waals surface area contributed by atoms with Gasteiger partial charge in [-0.15, -0.1) is 0 Å². The molecule has 1 amide bonds. The number of rotatable bonds is 6. The van der Waals surface area contributed by atoms with Crippen LogP contribution in [0, 0.1) is 0 Å². The predicted octanol–water partition coefficient (Wildman–Crippen LogP) is 4.46. The van der Waals surface area contributed by atoms with Crippen molar-refractivity contribution in [3.8, 4) is 0 Å². The average molecular weight is 348 g/mol. The molecule has 0 aromatic heterocycles. The SMILES string of the molecule is CCCCCC(=O)NC(=S)Nc1ccc(N2CCCC[C@H]2C)cc1. The molecule has 1 heterocycles. The Morgan fingerprint density at radius 1 is 1.25 bits per heavy atom. The van der Waals surface area contributed by atoms with Gasteiger partial charge in [0.05, 0.1) is 0 Å². The van der Waals surface area contributed by atoms with Crippen LogP contribution in [0.1, 0.15) is 58.8 Å². The number of amides is 1. The fourth-order valence-electron chi connectivity index (χ4n) is 3.10. The third kappa shape index (κ3) is 5.78. The molecule has 1 aromatic rings. The molecule has 5 heteroatoms. The van der Waals surface area contributed by atoms with E-state index >= 15 is 0 Å². The highest BCUT2D eigenvalue weighted by Crippen LogP contribution is 2.25. The normalized spacial score (nSPS) is 17.4. The fraction of sp³-hybridized carbons (Fsp3) is 0.579. The van der Waals surface area contributed by atoms with Crippen LogP contribution in [0.2, 0.25) is 0 Å². The van der Waals surface area contributed by atoms with Gasteiger partial charge in [-0.25, -0.2) is 0 Å². The van der Waals surface area contributed by atoms with Crippen LogP contribution >= 0.6 is 12.2 Å². The van der Waals surface area contributed by atoms with Crippen molar-refractivity contribution in [1.82, 2.24) is 5.32 Å². The molecule has 1 saturated heterocycles. The van der Waals surface area contributed by atoms with Crippen LogP contribution in [0.15, 0.2) is 24.3 Å². The summed E-state index contributed by atoms with van der Waals surface area (Å²) in [5, 5.41) is 6.20. The van der Waals surface area contributed by atoms with Gasteiger partial charge in [0.2, 0.25) is 5.91 Å². The lowest BCUT2D eigenvalue weighted by molar-refractivity contribution is -0.119. The van der Waals surface area contributed by atoms with Gasteiger partial charge < -0.3 is 15.5 Å². The van der Waals surface area contributed by atoms with Crippen molar-refractivity contribution in [3.05, 3.63) is 24.3 Å². The smallest absolute Gasteiger partial charge is 0.226 e. The Kier molecular flexibility index (Phi) is 7.50. The van der Waals surface area contributed by atoms with Gasteiger partial charge in [0.15, 0.2) is 5.11 Å². The third-order valence-electron chi connectivity index (χ3n) is 4.52. The van der Waals surface area contributed by atoms with Gasteiger partial charge in [-0.05, 0) is 69.1 Å². The van der Waals surface area contributed by atoms with Crippen molar-refractivity contribution >= 4 is 34.6 Å². The minimum absolute atomic E-state index is 0.0142. The van der Waals surface area contributed by atoms with Gasteiger partial charge in [0.25, 0.3) is 0 Å². The molecule has 1 fully saturated rings. The topological polar surface area (TPSA) is 44.4 Å². The van der Waals surface area contributed by atoms with Crippen molar-refractivity contribution in [2.24, 2.45) is 0 Å². The van der Waals surface area contributed by atoms with E-state index in [2.05, 4.69) is 41.5 Å². The lowest BCUT2D eigenvalue weighted by atomic mass is 10.0. The van der Waals surface area contributed by atoms with Crippen LogP contribution in [-0.4, -0.2) is 23.6 Å². The maximum atomic E-state index is 11.8. The highest BCUT2D eigenvalue weighted by molar-refractivity contribution is 7.80. The predicted molar refractivity (Wildman–Crippen MR) is 106 cm³/mol. The van der Waals surface area contributed by atoms with Gasteiger partial charge in [0, 0.05) is 30.4 Å². The van der Waals surface area contributed by atoms with E-state index in [-0.39, 0.29) is 5.91 Å². The number of benzene rings is 1. The van der Waals surface area contributed by atoms with Crippen LogP contribution in [0.25, 0.3) is 0 Å². The Morgan fingerprint density at radius 2 is 2.00 bits per heavy atom. The van der Waals surface area contributed by atoms with Crippen LogP contribution in [-0.2, 0) is 4.79 Å². The molecule has 24 heavy (non-hydrogen) atoms. The van der Waals surface area contributed by atoms with Crippen molar-refractivity contribution in [2.45, 2.75) is 64.8 Å². The molecule has 0 unspecified atom stereocenters. The number of nitrogens with one attached hydrogen (secondary N) is 2. The molecule has 132 valence electrons. The summed E-state index contributed by atoms with van der Waals surface area (Å²) >= 11 is 5.21. The van der Waals surface area contributed by atoms with Crippen LogP contribution in [0.4, 0.5) is 11.4 Å². The summed E-state index contributed by atoms with van der Waals surface area (Å²) in [5.74, 6) is -0.0142. The second-order valence-electron chi connectivity index (χ2n) is 6.54. The molecule has 2 N–H and O–H groups in total. The Bertz CT molecular complexity index is 544. The monoisotopic (exact) mass is 347 g/mol. The Hall–Kier alpha value is -1.62. The first kappa shape index (κ1) is 18.7. The van der Waals surface area contributed by atoms with E-state index in [1.807, 2.05) is 12.1 Å². The van der Waals surface area contributed by atoms with Crippen molar-refractivity contribution in [2.75, 3.05) is 16.8 Å².